The molecule has 0 aliphatic rings. The summed E-state index contributed by atoms with van der Waals surface area (Å²) in [5, 5.41) is 18.9. The van der Waals surface area contributed by atoms with E-state index < -0.39 is 17.7 Å². The predicted octanol–water partition coefficient (Wildman–Crippen LogP) is -0.844. The summed E-state index contributed by atoms with van der Waals surface area (Å²) in [5.41, 5.74) is -1.04. The standard InChI is InChI=1S/C4H5NO5.Ag/c1-10-5-2(3(6)7)4(8)9;/h1H3,(H,6,7)(H,8,9);. The van der Waals surface area contributed by atoms with E-state index in [0.29, 0.717) is 0 Å². The SMILES string of the molecule is CON=C(C(=O)O)C(=O)O.[Ag]. The van der Waals surface area contributed by atoms with Crippen molar-refractivity contribution in [1.29, 1.82) is 0 Å². The van der Waals surface area contributed by atoms with Crippen LogP contribution in [0.25, 0.3) is 0 Å². The van der Waals surface area contributed by atoms with Gasteiger partial charge in [-0.1, -0.05) is 5.16 Å². The molecule has 0 aromatic rings. The summed E-state index contributed by atoms with van der Waals surface area (Å²) < 4.78 is 0. The molecule has 0 spiro atoms. The van der Waals surface area contributed by atoms with Crippen LogP contribution in [0.2, 0.25) is 0 Å². The van der Waals surface area contributed by atoms with Gasteiger partial charge in [-0.3, -0.25) is 0 Å². The van der Waals surface area contributed by atoms with Crippen molar-refractivity contribution in [3.8, 4) is 0 Å². The Morgan fingerprint density at radius 3 is 1.73 bits per heavy atom. The number of carboxylic acid groups (broad SMARTS) is 2. The van der Waals surface area contributed by atoms with Gasteiger partial charge < -0.3 is 15.1 Å². The molecule has 0 saturated heterocycles. The van der Waals surface area contributed by atoms with Crippen LogP contribution >= 0.6 is 0 Å². The summed E-state index contributed by atoms with van der Waals surface area (Å²) in [6.45, 7) is 0. The summed E-state index contributed by atoms with van der Waals surface area (Å²) in [6, 6.07) is 0. The zero-order valence-electron chi connectivity index (χ0n) is 5.37. The Kier molecular flexibility index (Phi) is 6.86. The van der Waals surface area contributed by atoms with Gasteiger partial charge in [0.25, 0.3) is 5.71 Å². The number of oxime groups is 1. The van der Waals surface area contributed by atoms with Crippen LogP contribution in [0.5, 0.6) is 0 Å². The van der Waals surface area contributed by atoms with Crippen LogP contribution in [0.4, 0.5) is 0 Å². The van der Waals surface area contributed by atoms with Gasteiger partial charge in [0.1, 0.15) is 7.11 Å². The summed E-state index contributed by atoms with van der Waals surface area (Å²) in [5.74, 6) is -3.26. The van der Waals surface area contributed by atoms with Gasteiger partial charge in [0.05, 0.1) is 0 Å². The smallest absolute Gasteiger partial charge is 0.365 e. The molecule has 7 heteroatoms. The average molecular weight is 255 g/mol. The van der Waals surface area contributed by atoms with E-state index in [1.54, 1.807) is 0 Å². The Bertz CT molecular complexity index is 173. The number of nitrogens with zero attached hydrogens (tertiary/aromatic N) is 1. The van der Waals surface area contributed by atoms with Crippen LogP contribution in [0.15, 0.2) is 5.16 Å². The maximum Gasteiger partial charge on any atom is 0.365 e. The number of carbonyl (C=O) groups is 2. The number of rotatable bonds is 3. The molecule has 0 atom stereocenters. The number of carboxylic acids is 2. The van der Waals surface area contributed by atoms with E-state index in [0.717, 1.165) is 7.11 Å². The molecule has 2 N–H and O–H groups in total. The Labute approximate surface area is 77.3 Å². The van der Waals surface area contributed by atoms with Crippen LogP contribution in [-0.2, 0) is 36.8 Å². The van der Waals surface area contributed by atoms with E-state index in [1.807, 2.05) is 0 Å². The van der Waals surface area contributed by atoms with E-state index in [2.05, 4.69) is 9.99 Å². The van der Waals surface area contributed by atoms with Gasteiger partial charge in [0, 0.05) is 22.4 Å². The Balaban J connectivity index is 0. The quantitative estimate of drug-likeness (QED) is 0.296. The third-order valence-electron chi connectivity index (χ3n) is 0.588. The molecule has 11 heavy (non-hydrogen) atoms. The molecule has 0 fully saturated rings. The maximum absolute atomic E-state index is 9.94. The normalized spacial score (nSPS) is 7.36. The minimum atomic E-state index is -1.63. The molecule has 0 heterocycles. The van der Waals surface area contributed by atoms with Crippen LogP contribution < -0.4 is 0 Å². The Morgan fingerprint density at radius 1 is 1.27 bits per heavy atom. The van der Waals surface area contributed by atoms with Crippen molar-refractivity contribution in [2.75, 3.05) is 7.11 Å². The molecule has 67 valence electrons. The predicted molar refractivity (Wildman–Crippen MR) is 29.7 cm³/mol. The fourth-order valence-electron chi connectivity index (χ4n) is 0.261. The molecule has 0 aromatic heterocycles. The third-order valence-corrected chi connectivity index (χ3v) is 0.588. The second kappa shape index (κ2) is 5.90. The fraction of sp³-hybridized carbons (Fsp3) is 0.250. The summed E-state index contributed by atoms with van der Waals surface area (Å²) in [7, 11) is 1.06. The Morgan fingerprint density at radius 2 is 1.64 bits per heavy atom. The van der Waals surface area contributed by atoms with Crippen LogP contribution in [0.1, 0.15) is 0 Å². The first-order chi connectivity index (χ1) is 4.59. The first kappa shape index (κ1) is 12.8. The fourth-order valence-corrected chi connectivity index (χ4v) is 0.261. The molecular formula is C4H5AgNO5. The first-order valence-corrected chi connectivity index (χ1v) is 2.17. The van der Waals surface area contributed by atoms with Crippen molar-refractivity contribution in [2.24, 2.45) is 5.16 Å². The number of aliphatic carboxylic acids is 2. The van der Waals surface area contributed by atoms with Gasteiger partial charge in [-0.2, -0.15) is 0 Å². The third kappa shape index (κ3) is 4.54. The summed E-state index contributed by atoms with van der Waals surface area (Å²) >= 11 is 0. The molecule has 0 rings (SSSR count). The van der Waals surface area contributed by atoms with Gasteiger partial charge in [-0.15, -0.1) is 0 Å². The summed E-state index contributed by atoms with van der Waals surface area (Å²) in [6.07, 6.45) is 0. The van der Waals surface area contributed by atoms with Gasteiger partial charge in [-0.05, 0) is 0 Å². The monoisotopic (exact) mass is 254 g/mol. The van der Waals surface area contributed by atoms with Crippen LogP contribution in [0, 0.1) is 0 Å². The minimum Gasteiger partial charge on any atom is -0.476 e. The molecular weight excluding hydrogens is 250 g/mol. The molecule has 0 amide bonds. The first-order valence-electron chi connectivity index (χ1n) is 2.17. The van der Waals surface area contributed by atoms with Crippen LogP contribution in [0.3, 0.4) is 0 Å². The zero-order chi connectivity index (χ0) is 8.15. The minimum absolute atomic E-state index is 0. The van der Waals surface area contributed by atoms with Crippen LogP contribution in [-0.4, -0.2) is 35.0 Å². The van der Waals surface area contributed by atoms with Crippen molar-refractivity contribution >= 4 is 17.7 Å². The van der Waals surface area contributed by atoms with E-state index in [9.17, 15) is 9.59 Å². The van der Waals surface area contributed by atoms with Gasteiger partial charge in [0.15, 0.2) is 0 Å². The van der Waals surface area contributed by atoms with Gasteiger partial charge >= 0.3 is 11.9 Å². The molecule has 1 radical (unpaired) electrons. The molecule has 0 unspecified atom stereocenters. The van der Waals surface area contributed by atoms with Crippen molar-refractivity contribution in [3.63, 3.8) is 0 Å². The van der Waals surface area contributed by atoms with E-state index in [-0.39, 0.29) is 22.4 Å². The van der Waals surface area contributed by atoms with E-state index in [4.69, 9.17) is 10.2 Å². The van der Waals surface area contributed by atoms with E-state index >= 15 is 0 Å². The zero-order valence-corrected chi connectivity index (χ0v) is 6.85. The molecule has 0 saturated carbocycles. The van der Waals surface area contributed by atoms with Gasteiger partial charge in [-0.25, -0.2) is 9.59 Å². The topological polar surface area (TPSA) is 96.2 Å². The largest absolute Gasteiger partial charge is 0.476 e. The molecule has 6 nitrogen and oxygen atoms in total. The van der Waals surface area contributed by atoms with Crippen molar-refractivity contribution in [3.05, 3.63) is 0 Å². The van der Waals surface area contributed by atoms with Crippen molar-refractivity contribution < 1.29 is 47.0 Å². The Hall–Kier alpha value is -0.850. The molecule has 0 aromatic carbocycles. The molecule has 0 aliphatic carbocycles. The van der Waals surface area contributed by atoms with Gasteiger partial charge in [0.2, 0.25) is 0 Å². The average Bonchev–Trinajstić information content (AvgIpc) is 1.81. The number of hydrogen-bond donors (Lipinski definition) is 2. The van der Waals surface area contributed by atoms with E-state index in [1.165, 1.54) is 0 Å². The molecule has 0 aliphatic heterocycles. The second-order valence-corrected chi connectivity index (χ2v) is 1.23. The summed E-state index contributed by atoms with van der Waals surface area (Å²) in [4.78, 5) is 23.8. The number of hydrogen-bond acceptors (Lipinski definition) is 4. The van der Waals surface area contributed by atoms with Crippen molar-refractivity contribution in [2.45, 2.75) is 0 Å². The maximum atomic E-state index is 9.94. The molecule has 0 bridgehead atoms. The second-order valence-electron chi connectivity index (χ2n) is 1.23. The van der Waals surface area contributed by atoms with Crippen molar-refractivity contribution in [1.82, 2.24) is 0 Å².